The molecule has 0 aliphatic rings. The number of ether oxygens (including phenoxy) is 1. The van der Waals surface area contributed by atoms with Gasteiger partial charge in [-0.25, -0.2) is 13.4 Å². The van der Waals surface area contributed by atoms with Crippen LogP contribution in [0.2, 0.25) is 0 Å². The van der Waals surface area contributed by atoms with E-state index in [2.05, 4.69) is 20.2 Å². The predicted octanol–water partition coefficient (Wildman–Crippen LogP) is 4.13. The number of hydrogen-bond donors (Lipinski definition) is 0. The maximum Gasteiger partial charge on any atom is 0.177 e. The van der Waals surface area contributed by atoms with Gasteiger partial charge in [0.1, 0.15) is 23.0 Å². The molecular weight excluding hydrogens is 413 g/mol. The average Bonchev–Trinajstić information content (AvgIpc) is 3.27. The number of methoxy groups -OCH3 is 1. The van der Waals surface area contributed by atoms with Crippen molar-refractivity contribution in [2.24, 2.45) is 14.1 Å². The van der Waals surface area contributed by atoms with Gasteiger partial charge in [0, 0.05) is 42.5 Å². The summed E-state index contributed by atoms with van der Waals surface area (Å²) in [7, 11) is 5.20. The summed E-state index contributed by atoms with van der Waals surface area (Å²) in [5.74, 6) is 1.91. The smallest absolute Gasteiger partial charge is 0.177 e. The number of anilines is 1. The molecule has 0 amide bonds. The number of aryl methyl sites for hydroxylation is 3. The van der Waals surface area contributed by atoms with E-state index in [0.717, 1.165) is 15.8 Å². The van der Waals surface area contributed by atoms with Crippen molar-refractivity contribution in [3.8, 4) is 17.3 Å². The van der Waals surface area contributed by atoms with E-state index in [-0.39, 0.29) is 12.3 Å². The number of aromatic nitrogens is 6. The molecule has 0 spiro atoms. The van der Waals surface area contributed by atoms with Crippen LogP contribution in [0.15, 0.2) is 41.6 Å². The molecule has 3 heterocycles. The van der Waals surface area contributed by atoms with Crippen LogP contribution in [0.4, 0.5) is 9.57 Å². The van der Waals surface area contributed by atoms with Crippen molar-refractivity contribution in [2.75, 3.05) is 10.8 Å². The molecule has 0 saturated carbocycles. The maximum absolute atomic E-state index is 14.0. The summed E-state index contributed by atoms with van der Waals surface area (Å²) in [6.07, 6.45) is 3.42. The van der Waals surface area contributed by atoms with E-state index in [1.54, 1.807) is 34.9 Å². The molecule has 29 heavy (non-hydrogen) atoms. The van der Waals surface area contributed by atoms with E-state index >= 15 is 0 Å². The zero-order valence-electron chi connectivity index (χ0n) is 16.2. The van der Waals surface area contributed by atoms with Crippen LogP contribution in [0.25, 0.3) is 22.4 Å². The van der Waals surface area contributed by atoms with Gasteiger partial charge < -0.3 is 4.74 Å². The summed E-state index contributed by atoms with van der Waals surface area (Å²) in [5, 5.41) is 9.41. The van der Waals surface area contributed by atoms with Crippen LogP contribution in [-0.4, -0.2) is 36.6 Å². The summed E-state index contributed by atoms with van der Waals surface area (Å²) in [4.78, 5) is 9.61. The fourth-order valence-electron chi connectivity index (χ4n) is 3.06. The SMILES string of the molecule is COc1ccc2cnn(C)c2c1N(SF)Sc1ccc(-c2nc(C)nn2C)nc1. The van der Waals surface area contributed by atoms with Crippen LogP contribution >= 0.6 is 24.3 Å². The Kier molecular flexibility index (Phi) is 5.33. The molecular formula is C18H18FN7OS2. The van der Waals surface area contributed by atoms with Crippen molar-refractivity contribution < 1.29 is 8.62 Å². The number of pyridine rings is 1. The Morgan fingerprint density at radius 2 is 1.93 bits per heavy atom. The van der Waals surface area contributed by atoms with Crippen LogP contribution in [0.3, 0.4) is 0 Å². The standard InChI is InChI=1S/C18H18FN7OS2/c1-11-22-18(25(3)23-11)14-7-6-13(10-20-14)28-26(29-19)17-15(27-4)8-5-12-9-21-24(2)16(12)17/h5-10H,1-4H3. The molecule has 0 unspecified atom stereocenters. The molecule has 4 rings (SSSR count). The lowest BCUT2D eigenvalue weighted by molar-refractivity contribution is 0.417. The zero-order chi connectivity index (χ0) is 20.5. The molecule has 0 saturated heterocycles. The number of rotatable bonds is 6. The fourth-order valence-corrected chi connectivity index (χ4v) is 4.37. The highest BCUT2D eigenvalue weighted by molar-refractivity contribution is 8.16. The number of nitrogens with zero attached hydrogens (tertiary/aromatic N) is 7. The van der Waals surface area contributed by atoms with Gasteiger partial charge in [0.15, 0.2) is 18.2 Å². The maximum atomic E-state index is 14.0. The minimum absolute atomic E-state index is 0.102. The van der Waals surface area contributed by atoms with E-state index < -0.39 is 0 Å². The Hall–Kier alpha value is -2.79. The number of fused-ring (bicyclic) bond motifs is 1. The van der Waals surface area contributed by atoms with Crippen LogP contribution in [0.5, 0.6) is 5.75 Å². The molecule has 0 aliphatic heterocycles. The van der Waals surface area contributed by atoms with Crippen molar-refractivity contribution in [1.29, 1.82) is 0 Å². The van der Waals surface area contributed by atoms with Crippen molar-refractivity contribution in [1.82, 2.24) is 29.5 Å². The van der Waals surface area contributed by atoms with E-state index in [9.17, 15) is 3.89 Å². The molecule has 0 fully saturated rings. The fraction of sp³-hybridized carbons (Fsp3) is 0.222. The summed E-state index contributed by atoms with van der Waals surface area (Å²) in [6.45, 7) is 1.83. The summed E-state index contributed by atoms with van der Waals surface area (Å²) >= 11 is 1.31. The molecule has 4 aromatic rings. The van der Waals surface area contributed by atoms with E-state index in [0.29, 0.717) is 28.8 Å². The first-order valence-corrected chi connectivity index (χ1v) is 10.1. The summed E-state index contributed by atoms with van der Waals surface area (Å²) in [6, 6.07) is 7.42. The van der Waals surface area contributed by atoms with Crippen LogP contribution < -0.4 is 8.45 Å². The van der Waals surface area contributed by atoms with Crippen molar-refractivity contribution >= 4 is 40.9 Å². The predicted molar refractivity (Wildman–Crippen MR) is 113 cm³/mol. The quantitative estimate of drug-likeness (QED) is 0.422. The molecule has 0 radical (unpaired) electrons. The molecule has 1 aromatic carbocycles. The second-order valence-electron chi connectivity index (χ2n) is 6.23. The van der Waals surface area contributed by atoms with Gasteiger partial charge in [0.05, 0.1) is 18.8 Å². The largest absolute Gasteiger partial charge is 0.494 e. The zero-order valence-corrected chi connectivity index (χ0v) is 17.8. The first-order valence-electron chi connectivity index (χ1n) is 8.61. The molecule has 0 bridgehead atoms. The monoisotopic (exact) mass is 431 g/mol. The molecule has 11 heteroatoms. The third-order valence-electron chi connectivity index (χ3n) is 4.33. The lowest BCUT2D eigenvalue weighted by Crippen LogP contribution is -2.06. The molecule has 0 atom stereocenters. The van der Waals surface area contributed by atoms with Gasteiger partial charge in [-0.1, -0.05) is 0 Å². The van der Waals surface area contributed by atoms with Crippen molar-refractivity contribution in [2.45, 2.75) is 11.8 Å². The second-order valence-corrected chi connectivity index (χ2v) is 7.98. The topological polar surface area (TPSA) is 73.9 Å². The van der Waals surface area contributed by atoms with Crippen LogP contribution in [-0.2, 0) is 14.1 Å². The second kappa shape index (κ2) is 7.91. The van der Waals surface area contributed by atoms with Crippen molar-refractivity contribution in [3.05, 3.63) is 42.5 Å². The Morgan fingerprint density at radius 1 is 1.10 bits per heavy atom. The minimum atomic E-state index is 0.102. The van der Waals surface area contributed by atoms with Gasteiger partial charge in [-0.15, -0.1) is 3.89 Å². The van der Waals surface area contributed by atoms with E-state index in [4.69, 9.17) is 4.74 Å². The lowest BCUT2D eigenvalue weighted by atomic mass is 10.2. The van der Waals surface area contributed by atoms with Gasteiger partial charge in [0.2, 0.25) is 0 Å². The summed E-state index contributed by atoms with van der Waals surface area (Å²) < 4.78 is 24.3. The first-order chi connectivity index (χ1) is 14.0. The highest BCUT2D eigenvalue weighted by Crippen LogP contribution is 2.45. The Labute approximate surface area is 175 Å². The van der Waals surface area contributed by atoms with Gasteiger partial charge in [-0.05, 0) is 31.2 Å². The number of hydrogen-bond acceptors (Lipinski definition) is 8. The van der Waals surface area contributed by atoms with Gasteiger partial charge >= 0.3 is 0 Å². The molecule has 150 valence electrons. The molecule has 8 nitrogen and oxygen atoms in total. The molecule has 0 N–H and O–H groups in total. The van der Waals surface area contributed by atoms with Gasteiger partial charge in [-0.2, -0.15) is 10.2 Å². The van der Waals surface area contributed by atoms with Gasteiger partial charge in [-0.3, -0.25) is 9.67 Å². The molecule has 0 aliphatic carbocycles. The highest BCUT2D eigenvalue weighted by Gasteiger charge is 2.22. The van der Waals surface area contributed by atoms with Crippen LogP contribution in [0.1, 0.15) is 5.82 Å². The number of halogens is 1. The van der Waals surface area contributed by atoms with E-state index in [1.807, 2.05) is 39.2 Å². The minimum Gasteiger partial charge on any atom is -0.494 e. The van der Waals surface area contributed by atoms with Crippen LogP contribution in [0, 0.1) is 6.92 Å². The third kappa shape index (κ3) is 3.62. The first kappa shape index (κ1) is 19.5. The lowest BCUT2D eigenvalue weighted by Gasteiger charge is -2.21. The Bertz CT molecular complexity index is 1160. The Balaban J connectivity index is 1.67. The third-order valence-corrected chi connectivity index (χ3v) is 5.83. The van der Waals surface area contributed by atoms with Crippen molar-refractivity contribution in [3.63, 3.8) is 0 Å². The number of benzene rings is 1. The summed E-state index contributed by atoms with van der Waals surface area (Å²) in [5.41, 5.74) is 2.07. The average molecular weight is 432 g/mol. The Morgan fingerprint density at radius 3 is 2.55 bits per heavy atom. The normalized spacial score (nSPS) is 11.2. The highest BCUT2D eigenvalue weighted by atomic mass is 32.2. The van der Waals surface area contributed by atoms with Gasteiger partial charge in [0.25, 0.3) is 0 Å². The van der Waals surface area contributed by atoms with E-state index in [1.165, 1.54) is 15.7 Å². The molecule has 3 aromatic heterocycles.